The molecule has 0 radical (unpaired) electrons. The number of methoxy groups -OCH3 is 1. The van der Waals surface area contributed by atoms with Gasteiger partial charge in [-0.25, -0.2) is 4.68 Å². The number of carbonyl (C=O) groups is 1. The third kappa shape index (κ3) is 3.62. The Morgan fingerprint density at radius 3 is 2.60 bits per heavy atom. The minimum Gasteiger partial charge on any atom is -0.497 e. The first kappa shape index (κ1) is 19.2. The SMILES string of the molecule is COc1ccc(-n2nnc(C(=O)N3CCC(C)(CN)C3)c2C)cc1.Cl. The van der Waals surface area contributed by atoms with Crippen molar-refractivity contribution in [2.75, 3.05) is 26.7 Å². The Morgan fingerprint density at radius 2 is 2.04 bits per heavy atom. The van der Waals surface area contributed by atoms with Gasteiger partial charge in [0.15, 0.2) is 5.69 Å². The van der Waals surface area contributed by atoms with Gasteiger partial charge in [0.05, 0.1) is 18.5 Å². The molecule has 1 unspecified atom stereocenters. The fourth-order valence-corrected chi connectivity index (χ4v) is 3.01. The number of hydrogen-bond donors (Lipinski definition) is 1. The molecule has 0 bridgehead atoms. The molecule has 2 aromatic rings. The van der Waals surface area contributed by atoms with Crippen LogP contribution >= 0.6 is 12.4 Å². The molecule has 25 heavy (non-hydrogen) atoms. The van der Waals surface area contributed by atoms with Gasteiger partial charge in [-0.1, -0.05) is 12.1 Å². The van der Waals surface area contributed by atoms with Crippen LogP contribution in [0.15, 0.2) is 24.3 Å². The molecule has 1 aliphatic heterocycles. The van der Waals surface area contributed by atoms with Crippen LogP contribution in [0.4, 0.5) is 0 Å². The fraction of sp³-hybridized carbons (Fsp3) is 0.471. The molecule has 0 saturated carbocycles. The van der Waals surface area contributed by atoms with Crippen LogP contribution < -0.4 is 10.5 Å². The maximum Gasteiger partial charge on any atom is 0.276 e. The van der Waals surface area contributed by atoms with E-state index in [-0.39, 0.29) is 23.7 Å². The average molecular weight is 366 g/mol. The minimum absolute atomic E-state index is 0. The Bertz CT molecular complexity index is 746. The fourth-order valence-electron chi connectivity index (χ4n) is 3.01. The summed E-state index contributed by atoms with van der Waals surface area (Å²) in [4.78, 5) is 14.6. The quantitative estimate of drug-likeness (QED) is 0.893. The number of benzene rings is 1. The van der Waals surface area contributed by atoms with E-state index in [2.05, 4.69) is 17.2 Å². The Balaban J connectivity index is 0.00000225. The van der Waals surface area contributed by atoms with Crippen LogP contribution in [0.3, 0.4) is 0 Å². The van der Waals surface area contributed by atoms with E-state index in [1.54, 1.807) is 11.8 Å². The van der Waals surface area contributed by atoms with E-state index in [1.165, 1.54) is 0 Å². The molecular weight excluding hydrogens is 342 g/mol. The zero-order chi connectivity index (χ0) is 17.3. The number of likely N-dealkylation sites (tertiary alicyclic amines) is 1. The predicted molar refractivity (Wildman–Crippen MR) is 97.6 cm³/mol. The summed E-state index contributed by atoms with van der Waals surface area (Å²) in [5, 5.41) is 8.26. The summed E-state index contributed by atoms with van der Waals surface area (Å²) in [6.45, 7) is 5.92. The smallest absolute Gasteiger partial charge is 0.276 e. The number of amides is 1. The monoisotopic (exact) mass is 365 g/mol. The standard InChI is InChI=1S/C17H23N5O2.ClH/c1-12-15(16(23)21-9-8-17(2,10-18)11-21)19-20-22(12)13-4-6-14(24-3)7-5-13;/h4-7H,8-11,18H2,1-3H3;1H. The zero-order valence-electron chi connectivity index (χ0n) is 14.7. The van der Waals surface area contributed by atoms with Crippen LogP contribution in [-0.2, 0) is 0 Å². The molecule has 0 aliphatic carbocycles. The van der Waals surface area contributed by atoms with E-state index in [9.17, 15) is 4.79 Å². The van der Waals surface area contributed by atoms with Gasteiger partial charge in [0.25, 0.3) is 5.91 Å². The molecule has 8 heteroatoms. The normalized spacial score (nSPS) is 19.6. The number of aromatic nitrogens is 3. The molecule has 1 aromatic carbocycles. The summed E-state index contributed by atoms with van der Waals surface area (Å²) in [7, 11) is 1.62. The number of nitrogens with zero attached hydrogens (tertiary/aromatic N) is 4. The maximum absolute atomic E-state index is 12.8. The Hall–Kier alpha value is -2.12. The third-order valence-corrected chi connectivity index (χ3v) is 4.75. The van der Waals surface area contributed by atoms with Crippen molar-refractivity contribution in [1.29, 1.82) is 0 Å². The molecule has 7 nitrogen and oxygen atoms in total. The van der Waals surface area contributed by atoms with Crippen LogP contribution in [0.2, 0.25) is 0 Å². The summed E-state index contributed by atoms with van der Waals surface area (Å²) in [5.41, 5.74) is 7.78. The number of carbonyl (C=O) groups excluding carboxylic acids is 1. The lowest BCUT2D eigenvalue weighted by Gasteiger charge is -2.22. The number of ether oxygens (including phenoxy) is 1. The molecule has 1 amide bonds. The van der Waals surface area contributed by atoms with Crippen molar-refractivity contribution in [3.05, 3.63) is 35.7 Å². The van der Waals surface area contributed by atoms with Crippen LogP contribution in [0, 0.1) is 12.3 Å². The number of nitrogens with two attached hydrogens (primary N) is 1. The third-order valence-electron chi connectivity index (χ3n) is 4.75. The summed E-state index contributed by atoms with van der Waals surface area (Å²) in [6, 6.07) is 7.47. The average Bonchev–Trinajstić information content (AvgIpc) is 3.18. The van der Waals surface area contributed by atoms with E-state index >= 15 is 0 Å². The lowest BCUT2D eigenvalue weighted by atomic mass is 9.90. The predicted octanol–water partition coefficient (Wildman–Crippen LogP) is 1.82. The molecular formula is C17H24ClN5O2. The first-order valence-corrected chi connectivity index (χ1v) is 8.03. The lowest BCUT2D eigenvalue weighted by Crippen LogP contribution is -2.35. The Kier molecular flexibility index (Phi) is 5.69. The van der Waals surface area contributed by atoms with Gasteiger partial charge in [-0.2, -0.15) is 0 Å². The molecule has 0 spiro atoms. The van der Waals surface area contributed by atoms with Gasteiger partial charge in [-0.3, -0.25) is 4.79 Å². The van der Waals surface area contributed by atoms with Crippen molar-refractivity contribution >= 4 is 18.3 Å². The first-order chi connectivity index (χ1) is 11.5. The molecule has 136 valence electrons. The van der Waals surface area contributed by atoms with Crippen LogP contribution in [0.1, 0.15) is 29.5 Å². The maximum atomic E-state index is 12.8. The van der Waals surface area contributed by atoms with Gasteiger partial charge >= 0.3 is 0 Å². The number of halogens is 1. The number of hydrogen-bond acceptors (Lipinski definition) is 5. The number of rotatable bonds is 4. The topological polar surface area (TPSA) is 86.3 Å². The van der Waals surface area contributed by atoms with Gasteiger partial charge < -0.3 is 15.4 Å². The summed E-state index contributed by atoms with van der Waals surface area (Å²) < 4.78 is 6.83. The van der Waals surface area contributed by atoms with Crippen LogP contribution in [0.25, 0.3) is 5.69 Å². The van der Waals surface area contributed by atoms with Crippen LogP contribution in [0.5, 0.6) is 5.75 Å². The molecule has 1 aromatic heterocycles. The molecule has 1 fully saturated rings. The second kappa shape index (κ2) is 7.41. The van der Waals surface area contributed by atoms with Crippen molar-refractivity contribution in [1.82, 2.24) is 19.9 Å². The highest BCUT2D eigenvalue weighted by atomic mass is 35.5. The highest BCUT2D eigenvalue weighted by molar-refractivity contribution is 5.93. The van der Waals surface area contributed by atoms with E-state index in [0.717, 1.165) is 23.6 Å². The van der Waals surface area contributed by atoms with Gasteiger partial charge in [0.2, 0.25) is 0 Å². The lowest BCUT2D eigenvalue weighted by molar-refractivity contribution is 0.0770. The first-order valence-electron chi connectivity index (χ1n) is 8.03. The van der Waals surface area contributed by atoms with E-state index in [0.29, 0.717) is 25.3 Å². The highest BCUT2D eigenvalue weighted by Crippen LogP contribution is 2.29. The molecule has 3 rings (SSSR count). The van der Waals surface area contributed by atoms with Gasteiger partial charge in [-0.15, -0.1) is 17.5 Å². The van der Waals surface area contributed by atoms with Crippen molar-refractivity contribution < 1.29 is 9.53 Å². The summed E-state index contributed by atoms with van der Waals surface area (Å²) >= 11 is 0. The molecule has 1 atom stereocenters. The second-order valence-corrected chi connectivity index (χ2v) is 6.62. The summed E-state index contributed by atoms with van der Waals surface area (Å²) in [6.07, 6.45) is 0.918. The minimum atomic E-state index is -0.0792. The molecule has 1 aliphatic rings. The van der Waals surface area contributed by atoms with E-state index in [1.807, 2.05) is 36.1 Å². The van der Waals surface area contributed by atoms with E-state index < -0.39 is 0 Å². The largest absolute Gasteiger partial charge is 0.497 e. The Labute approximate surface area is 153 Å². The summed E-state index contributed by atoms with van der Waals surface area (Å²) in [5.74, 6) is 0.690. The Morgan fingerprint density at radius 1 is 1.36 bits per heavy atom. The van der Waals surface area contributed by atoms with Crippen molar-refractivity contribution in [2.45, 2.75) is 20.3 Å². The second-order valence-electron chi connectivity index (χ2n) is 6.62. The van der Waals surface area contributed by atoms with Gasteiger partial charge in [-0.05, 0) is 49.6 Å². The molecule has 1 saturated heterocycles. The molecule has 2 heterocycles. The van der Waals surface area contributed by atoms with Crippen molar-refractivity contribution in [3.8, 4) is 11.4 Å². The van der Waals surface area contributed by atoms with Crippen LogP contribution in [-0.4, -0.2) is 52.5 Å². The van der Waals surface area contributed by atoms with Crippen molar-refractivity contribution in [3.63, 3.8) is 0 Å². The van der Waals surface area contributed by atoms with Gasteiger partial charge in [0.1, 0.15) is 5.75 Å². The van der Waals surface area contributed by atoms with E-state index in [4.69, 9.17) is 10.5 Å². The molecule has 2 N–H and O–H groups in total. The zero-order valence-corrected chi connectivity index (χ0v) is 15.5. The van der Waals surface area contributed by atoms with Crippen molar-refractivity contribution in [2.24, 2.45) is 11.1 Å². The van der Waals surface area contributed by atoms with Gasteiger partial charge in [0, 0.05) is 13.1 Å². The highest BCUT2D eigenvalue weighted by Gasteiger charge is 2.36.